The second-order valence-corrected chi connectivity index (χ2v) is 3.66. The topological polar surface area (TPSA) is 90.2 Å². The molecule has 0 aliphatic rings. The van der Waals surface area contributed by atoms with Crippen LogP contribution in [0, 0.1) is 10.1 Å². The summed E-state index contributed by atoms with van der Waals surface area (Å²) in [5.74, 6) is -0.170. The molecule has 2 aromatic rings. The molecule has 2 rings (SSSR count). The lowest BCUT2D eigenvalue weighted by Gasteiger charge is -2.06. The van der Waals surface area contributed by atoms with Gasteiger partial charge in [0.1, 0.15) is 12.8 Å². The molecule has 0 unspecified atom stereocenters. The van der Waals surface area contributed by atoms with E-state index >= 15 is 0 Å². The van der Waals surface area contributed by atoms with Crippen molar-refractivity contribution in [2.75, 3.05) is 12.4 Å². The normalized spacial score (nSPS) is 9.95. The second-order valence-electron chi connectivity index (χ2n) is 3.66. The van der Waals surface area contributed by atoms with E-state index in [0.717, 1.165) is 5.69 Å². The van der Waals surface area contributed by atoms with Crippen molar-refractivity contribution in [2.24, 2.45) is 0 Å². The minimum absolute atomic E-state index is 0.129. The Hall–Kier alpha value is -2.70. The van der Waals surface area contributed by atoms with Gasteiger partial charge in [0.2, 0.25) is 5.75 Å². The lowest BCUT2D eigenvalue weighted by molar-refractivity contribution is -0.390. The molecule has 0 bridgehead atoms. The van der Waals surface area contributed by atoms with Gasteiger partial charge in [0, 0.05) is 18.9 Å². The van der Waals surface area contributed by atoms with Gasteiger partial charge in [-0.25, -0.2) is 0 Å². The molecule has 0 aromatic carbocycles. The molecule has 0 aliphatic heterocycles. The summed E-state index contributed by atoms with van der Waals surface area (Å²) in [6, 6.07) is 6.71. The number of hydrogen-bond donors (Lipinski definition) is 1. The maximum absolute atomic E-state index is 10.8. The van der Waals surface area contributed by atoms with Crippen molar-refractivity contribution in [2.45, 2.75) is 6.61 Å². The molecule has 0 atom stereocenters. The van der Waals surface area contributed by atoms with Crippen LogP contribution in [-0.4, -0.2) is 21.9 Å². The first-order valence-electron chi connectivity index (χ1n) is 5.55. The Balaban J connectivity index is 2.12. The maximum atomic E-state index is 10.8. The first-order valence-corrected chi connectivity index (χ1v) is 5.55. The summed E-state index contributed by atoms with van der Waals surface area (Å²) in [4.78, 5) is 18.0. The summed E-state index contributed by atoms with van der Waals surface area (Å²) in [6.45, 7) is 0.141. The third-order valence-electron chi connectivity index (χ3n) is 2.40. The predicted molar refractivity (Wildman–Crippen MR) is 69.0 cm³/mol. The standard InChI is InChI=1S/C12H12N4O3/c1-13-9-4-6-14-10(7-9)8-19-11-3-2-5-15-12(11)16(17)18/h2-7H,8H2,1H3,(H,13,14). The summed E-state index contributed by atoms with van der Waals surface area (Å²) in [7, 11) is 1.80. The number of anilines is 1. The largest absolute Gasteiger partial charge is 0.479 e. The highest BCUT2D eigenvalue weighted by atomic mass is 16.6. The molecule has 7 nitrogen and oxygen atoms in total. The average molecular weight is 260 g/mol. The molecule has 0 amide bonds. The third-order valence-corrected chi connectivity index (χ3v) is 2.40. The number of hydrogen-bond acceptors (Lipinski definition) is 6. The highest BCUT2D eigenvalue weighted by molar-refractivity contribution is 5.42. The van der Waals surface area contributed by atoms with E-state index in [1.807, 2.05) is 12.1 Å². The van der Waals surface area contributed by atoms with E-state index in [4.69, 9.17) is 4.74 Å². The Morgan fingerprint density at radius 3 is 2.95 bits per heavy atom. The zero-order valence-corrected chi connectivity index (χ0v) is 10.2. The van der Waals surface area contributed by atoms with Crippen LogP contribution in [0.2, 0.25) is 0 Å². The monoisotopic (exact) mass is 260 g/mol. The minimum Gasteiger partial charge on any atom is -0.479 e. The molecule has 2 aromatic heterocycles. The molecule has 0 saturated carbocycles. The van der Waals surface area contributed by atoms with E-state index in [0.29, 0.717) is 5.69 Å². The van der Waals surface area contributed by atoms with Crippen LogP contribution < -0.4 is 10.1 Å². The maximum Gasteiger partial charge on any atom is 0.406 e. The molecule has 0 aliphatic carbocycles. The molecular weight excluding hydrogens is 248 g/mol. The van der Waals surface area contributed by atoms with E-state index in [1.165, 1.54) is 12.3 Å². The molecule has 2 heterocycles. The van der Waals surface area contributed by atoms with E-state index in [-0.39, 0.29) is 18.2 Å². The fraction of sp³-hybridized carbons (Fsp3) is 0.167. The molecule has 0 radical (unpaired) electrons. The van der Waals surface area contributed by atoms with Crippen LogP contribution in [0.1, 0.15) is 5.69 Å². The number of aromatic nitrogens is 2. The van der Waals surface area contributed by atoms with Crippen LogP contribution in [-0.2, 0) is 6.61 Å². The second kappa shape index (κ2) is 5.76. The number of ether oxygens (including phenoxy) is 1. The highest BCUT2D eigenvalue weighted by Gasteiger charge is 2.15. The smallest absolute Gasteiger partial charge is 0.406 e. The van der Waals surface area contributed by atoms with E-state index in [9.17, 15) is 10.1 Å². The summed E-state index contributed by atoms with van der Waals surface area (Å²) in [5.41, 5.74) is 1.57. The zero-order valence-electron chi connectivity index (χ0n) is 10.2. The van der Waals surface area contributed by atoms with Gasteiger partial charge in [-0.1, -0.05) is 0 Å². The van der Waals surface area contributed by atoms with Crippen molar-refractivity contribution in [1.82, 2.24) is 9.97 Å². The fourth-order valence-electron chi connectivity index (χ4n) is 1.50. The van der Waals surface area contributed by atoms with Gasteiger partial charge < -0.3 is 20.2 Å². The quantitative estimate of drug-likeness (QED) is 0.653. The molecule has 98 valence electrons. The fourth-order valence-corrected chi connectivity index (χ4v) is 1.50. The summed E-state index contributed by atoms with van der Waals surface area (Å²) in [6.07, 6.45) is 2.99. The van der Waals surface area contributed by atoms with Gasteiger partial charge in [-0.3, -0.25) is 4.98 Å². The van der Waals surface area contributed by atoms with Crippen LogP contribution in [0.3, 0.4) is 0 Å². The first kappa shape index (κ1) is 12.7. The van der Waals surface area contributed by atoms with Crippen LogP contribution in [0.15, 0.2) is 36.7 Å². The Kier molecular flexibility index (Phi) is 3.87. The van der Waals surface area contributed by atoms with E-state index < -0.39 is 4.92 Å². The Morgan fingerprint density at radius 1 is 1.37 bits per heavy atom. The van der Waals surface area contributed by atoms with Gasteiger partial charge >= 0.3 is 5.82 Å². The number of pyridine rings is 2. The molecule has 7 heteroatoms. The Morgan fingerprint density at radius 2 is 2.21 bits per heavy atom. The SMILES string of the molecule is CNc1ccnc(COc2cccnc2[N+](=O)[O-])c1. The van der Waals surface area contributed by atoms with Crippen LogP contribution in [0.25, 0.3) is 0 Å². The van der Waals surface area contributed by atoms with Crippen LogP contribution in [0.4, 0.5) is 11.5 Å². The number of nitrogens with zero attached hydrogens (tertiary/aromatic N) is 3. The van der Waals surface area contributed by atoms with Crippen LogP contribution >= 0.6 is 0 Å². The van der Waals surface area contributed by atoms with Crippen molar-refractivity contribution in [3.05, 3.63) is 52.5 Å². The summed E-state index contributed by atoms with van der Waals surface area (Å²) < 4.78 is 5.39. The summed E-state index contributed by atoms with van der Waals surface area (Å²) in [5, 5.41) is 13.7. The highest BCUT2D eigenvalue weighted by Crippen LogP contribution is 2.23. The van der Waals surface area contributed by atoms with Crippen molar-refractivity contribution in [3.8, 4) is 5.75 Å². The lowest BCUT2D eigenvalue weighted by Crippen LogP contribution is -2.02. The third kappa shape index (κ3) is 3.15. The van der Waals surface area contributed by atoms with Gasteiger partial charge in [-0.15, -0.1) is 0 Å². The van der Waals surface area contributed by atoms with E-state index in [1.54, 1.807) is 19.3 Å². The predicted octanol–water partition coefficient (Wildman–Crippen LogP) is 2.01. The number of nitro groups is 1. The molecule has 0 spiro atoms. The van der Waals surface area contributed by atoms with Crippen LogP contribution in [0.5, 0.6) is 5.75 Å². The van der Waals surface area contributed by atoms with Gasteiger partial charge in [0.15, 0.2) is 0 Å². The van der Waals surface area contributed by atoms with Gasteiger partial charge in [-0.05, 0) is 34.2 Å². The first-order chi connectivity index (χ1) is 9.20. The molecule has 0 saturated heterocycles. The lowest BCUT2D eigenvalue weighted by atomic mass is 10.3. The summed E-state index contributed by atoms with van der Waals surface area (Å²) >= 11 is 0. The zero-order chi connectivity index (χ0) is 13.7. The van der Waals surface area contributed by atoms with E-state index in [2.05, 4.69) is 15.3 Å². The van der Waals surface area contributed by atoms with Gasteiger partial charge in [0.25, 0.3) is 0 Å². The minimum atomic E-state index is -0.577. The molecule has 19 heavy (non-hydrogen) atoms. The van der Waals surface area contributed by atoms with Crippen molar-refractivity contribution < 1.29 is 9.66 Å². The molecule has 0 fully saturated rings. The molecule has 1 N–H and O–H groups in total. The van der Waals surface area contributed by atoms with Crippen molar-refractivity contribution >= 4 is 11.5 Å². The average Bonchev–Trinajstić information content (AvgIpc) is 2.45. The number of nitrogens with one attached hydrogen (secondary N) is 1. The van der Waals surface area contributed by atoms with Gasteiger partial charge in [-0.2, -0.15) is 0 Å². The molecular formula is C12H12N4O3. The van der Waals surface area contributed by atoms with Gasteiger partial charge in [0.05, 0.1) is 5.69 Å². The number of rotatable bonds is 5. The van der Waals surface area contributed by atoms with Crippen molar-refractivity contribution in [3.63, 3.8) is 0 Å². The van der Waals surface area contributed by atoms with Crippen molar-refractivity contribution in [1.29, 1.82) is 0 Å². The Bertz CT molecular complexity index is 589. The Labute approximate surface area is 109 Å².